The van der Waals surface area contributed by atoms with E-state index < -0.39 is 0 Å². The molecule has 1 rings (SSSR count). The second-order valence-corrected chi connectivity index (χ2v) is 3.28. The van der Waals surface area contributed by atoms with Crippen molar-refractivity contribution in [2.45, 2.75) is 18.9 Å². The van der Waals surface area contributed by atoms with Crippen LogP contribution in [-0.2, 0) is 19.1 Å². The zero-order valence-corrected chi connectivity index (χ0v) is 8.49. The van der Waals surface area contributed by atoms with Gasteiger partial charge in [0.25, 0.3) is 0 Å². The number of rotatable bonds is 4. The van der Waals surface area contributed by atoms with Crippen molar-refractivity contribution in [3.63, 3.8) is 0 Å². The molecule has 1 atom stereocenters. The fourth-order valence-corrected chi connectivity index (χ4v) is 1.41. The summed E-state index contributed by atoms with van der Waals surface area (Å²) < 4.78 is 9.33. The predicted octanol–water partition coefficient (Wildman–Crippen LogP) is -0.203. The third-order valence-corrected chi connectivity index (χ3v) is 2.34. The van der Waals surface area contributed by atoms with Gasteiger partial charge < -0.3 is 9.47 Å². The highest BCUT2D eigenvalue weighted by atomic mass is 16.5. The van der Waals surface area contributed by atoms with Crippen LogP contribution in [0, 0.1) is 0 Å². The van der Waals surface area contributed by atoms with Gasteiger partial charge in [0.2, 0.25) is 0 Å². The minimum Gasteiger partial charge on any atom is -0.469 e. The van der Waals surface area contributed by atoms with Gasteiger partial charge in [0.1, 0.15) is 6.04 Å². The van der Waals surface area contributed by atoms with Gasteiger partial charge in [-0.1, -0.05) is 0 Å². The molecular weight excluding hydrogens is 186 g/mol. The van der Waals surface area contributed by atoms with Gasteiger partial charge in [-0.25, -0.2) is 0 Å². The van der Waals surface area contributed by atoms with Crippen molar-refractivity contribution >= 4 is 11.9 Å². The molecule has 14 heavy (non-hydrogen) atoms. The van der Waals surface area contributed by atoms with Crippen LogP contribution in [0.25, 0.3) is 0 Å². The number of methoxy groups -OCH3 is 1. The maximum Gasteiger partial charge on any atom is 0.323 e. The first-order valence-corrected chi connectivity index (χ1v) is 4.59. The first-order valence-electron chi connectivity index (χ1n) is 4.59. The number of carbonyl (C=O) groups excluding carboxylic acids is 2. The Morgan fingerprint density at radius 2 is 2.43 bits per heavy atom. The summed E-state index contributed by atoms with van der Waals surface area (Å²) in [7, 11) is 3.16. The third kappa shape index (κ3) is 2.70. The second-order valence-electron chi connectivity index (χ2n) is 3.28. The predicted molar refractivity (Wildman–Crippen MR) is 48.6 cm³/mol. The van der Waals surface area contributed by atoms with Crippen molar-refractivity contribution < 1.29 is 19.1 Å². The van der Waals surface area contributed by atoms with E-state index in [1.54, 1.807) is 7.05 Å². The minimum atomic E-state index is -0.261. The monoisotopic (exact) mass is 201 g/mol. The molecule has 0 aliphatic carbocycles. The fourth-order valence-electron chi connectivity index (χ4n) is 1.41. The number of hydrogen-bond acceptors (Lipinski definition) is 5. The summed E-state index contributed by atoms with van der Waals surface area (Å²) in [6.45, 7) is 0.999. The number of nitrogens with zero attached hydrogens (tertiary/aromatic N) is 1. The molecule has 0 spiro atoms. The van der Waals surface area contributed by atoms with Gasteiger partial charge >= 0.3 is 11.9 Å². The number of esters is 2. The van der Waals surface area contributed by atoms with E-state index in [9.17, 15) is 9.59 Å². The molecule has 1 fully saturated rings. The standard InChI is InChI=1S/C9H15NO4/c1-10(5-3-8(11)13-2)7-4-6-14-9(7)12/h7H,3-6H2,1-2H3. The largest absolute Gasteiger partial charge is 0.469 e. The van der Waals surface area contributed by atoms with E-state index in [4.69, 9.17) is 4.74 Å². The van der Waals surface area contributed by atoms with E-state index in [1.165, 1.54) is 7.11 Å². The van der Waals surface area contributed by atoms with E-state index in [0.29, 0.717) is 26.0 Å². The molecule has 1 aliphatic heterocycles. The van der Waals surface area contributed by atoms with Crippen molar-refractivity contribution in [1.29, 1.82) is 0 Å². The zero-order chi connectivity index (χ0) is 10.6. The Morgan fingerprint density at radius 1 is 1.71 bits per heavy atom. The van der Waals surface area contributed by atoms with Crippen molar-refractivity contribution in [3.8, 4) is 0 Å². The molecule has 0 aromatic rings. The average Bonchev–Trinajstić information content (AvgIpc) is 2.60. The number of cyclic esters (lactones) is 1. The summed E-state index contributed by atoms with van der Waals surface area (Å²) in [5.41, 5.74) is 0. The lowest BCUT2D eigenvalue weighted by atomic mass is 10.2. The smallest absolute Gasteiger partial charge is 0.323 e. The molecule has 0 radical (unpaired) electrons. The highest BCUT2D eigenvalue weighted by Crippen LogP contribution is 2.12. The summed E-state index contributed by atoms with van der Waals surface area (Å²) >= 11 is 0. The van der Waals surface area contributed by atoms with Crippen LogP contribution in [-0.4, -0.2) is 50.2 Å². The maximum atomic E-state index is 11.1. The zero-order valence-electron chi connectivity index (χ0n) is 8.49. The molecule has 80 valence electrons. The Bertz CT molecular complexity index is 229. The molecule has 5 nitrogen and oxygen atoms in total. The normalized spacial score (nSPS) is 21.1. The lowest BCUT2D eigenvalue weighted by molar-refractivity contribution is -0.144. The first-order chi connectivity index (χ1) is 6.65. The van der Waals surface area contributed by atoms with Crippen LogP contribution in [0.3, 0.4) is 0 Å². The van der Waals surface area contributed by atoms with Crippen LogP contribution in [0.15, 0.2) is 0 Å². The highest BCUT2D eigenvalue weighted by molar-refractivity contribution is 5.77. The van der Waals surface area contributed by atoms with Crippen LogP contribution in [0.2, 0.25) is 0 Å². The van der Waals surface area contributed by atoms with E-state index in [-0.39, 0.29) is 18.0 Å². The Balaban J connectivity index is 2.30. The third-order valence-electron chi connectivity index (χ3n) is 2.34. The van der Waals surface area contributed by atoms with Crippen LogP contribution < -0.4 is 0 Å². The molecule has 0 aromatic carbocycles. The molecule has 0 amide bonds. The van der Waals surface area contributed by atoms with Gasteiger partial charge in [0.15, 0.2) is 0 Å². The molecule has 0 bridgehead atoms. The van der Waals surface area contributed by atoms with E-state index >= 15 is 0 Å². The summed E-state index contributed by atoms with van der Waals surface area (Å²) in [5.74, 6) is -0.458. The first kappa shape index (κ1) is 11.0. The molecular formula is C9H15NO4. The quantitative estimate of drug-likeness (QED) is 0.589. The van der Waals surface area contributed by atoms with Gasteiger partial charge in [-0.05, 0) is 7.05 Å². The van der Waals surface area contributed by atoms with Gasteiger partial charge in [0.05, 0.1) is 20.1 Å². The average molecular weight is 201 g/mol. The van der Waals surface area contributed by atoms with Crippen LogP contribution in [0.5, 0.6) is 0 Å². The van der Waals surface area contributed by atoms with Gasteiger partial charge in [-0.15, -0.1) is 0 Å². The molecule has 1 unspecified atom stereocenters. The molecule has 5 heteroatoms. The lowest BCUT2D eigenvalue weighted by Gasteiger charge is -2.19. The SMILES string of the molecule is COC(=O)CCN(C)C1CCOC1=O. The molecule has 0 saturated carbocycles. The number of ether oxygens (including phenoxy) is 2. The summed E-state index contributed by atoms with van der Waals surface area (Å²) in [6.07, 6.45) is 1.01. The van der Waals surface area contributed by atoms with Crippen molar-refractivity contribution in [1.82, 2.24) is 4.90 Å². The summed E-state index contributed by atoms with van der Waals surface area (Å²) in [6, 6.07) is -0.195. The molecule has 0 aromatic heterocycles. The van der Waals surface area contributed by atoms with Crippen LogP contribution in [0.4, 0.5) is 0 Å². The lowest BCUT2D eigenvalue weighted by Crippen LogP contribution is -2.36. The molecule has 1 saturated heterocycles. The topological polar surface area (TPSA) is 55.8 Å². The van der Waals surface area contributed by atoms with Gasteiger partial charge in [-0.3, -0.25) is 14.5 Å². The molecule has 1 heterocycles. The van der Waals surface area contributed by atoms with Crippen LogP contribution in [0.1, 0.15) is 12.8 Å². The van der Waals surface area contributed by atoms with E-state index in [1.807, 2.05) is 4.90 Å². The number of likely N-dealkylation sites (N-methyl/N-ethyl adjacent to an activating group) is 1. The number of carbonyl (C=O) groups is 2. The molecule has 0 N–H and O–H groups in total. The fraction of sp³-hybridized carbons (Fsp3) is 0.778. The van der Waals surface area contributed by atoms with Crippen molar-refractivity contribution in [2.24, 2.45) is 0 Å². The van der Waals surface area contributed by atoms with Gasteiger partial charge in [-0.2, -0.15) is 0 Å². The van der Waals surface area contributed by atoms with Gasteiger partial charge in [0, 0.05) is 13.0 Å². The Labute approximate surface area is 83.0 Å². The Morgan fingerprint density at radius 3 is 2.93 bits per heavy atom. The number of hydrogen-bond donors (Lipinski definition) is 0. The maximum absolute atomic E-state index is 11.1. The van der Waals surface area contributed by atoms with Crippen molar-refractivity contribution in [2.75, 3.05) is 27.3 Å². The van der Waals surface area contributed by atoms with E-state index in [0.717, 1.165) is 0 Å². The van der Waals surface area contributed by atoms with Crippen molar-refractivity contribution in [3.05, 3.63) is 0 Å². The Kier molecular flexibility index (Phi) is 3.88. The summed E-state index contributed by atoms with van der Waals surface area (Å²) in [4.78, 5) is 23.8. The summed E-state index contributed by atoms with van der Waals surface area (Å²) in [5, 5.41) is 0. The Hall–Kier alpha value is -1.10. The minimum absolute atomic E-state index is 0.195. The second kappa shape index (κ2) is 4.95. The van der Waals surface area contributed by atoms with Crippen LogP contribution >= 0.6 is 0 Å². The highest BCUT2D eigenvalue weighted by Gasteiger charge is 2.30. The molecule has 1 aliphatic rings. The van der Waals surface area contributed by atoms with E-state index in [2.05, 4.69) is 4.74 Å².